The molecule has 9 N–H and O–H groups in total. The summed E-state index contributed by atoms with van der Waals surface area (Å²) in [5.41, 5.74) is 0. The molecule has 0 aliphatic carbocycles. The maximum absolute atomic E-state index is 13.3. The molecule has 0 saturated carbocycles. The number of aliphatic hydroxyl groups is 8. The first kappa shape index (κ1) is 70.5. The van der Waals surface area contributed by atoms with Crippen LogP contribution in [-0.4, -0.2) is 140 Å². The van der Waals surface area contributed by atoms with Crippen molar-refractivity contribution < 1.29 is 64.6 Å². The topological polar surface area (TPSA) is 228 Å². The summed E-state index contributed by atoms with van der Waals surface area (Å²) in [5, 5.41) is 87.1. The van der Waals surface area contributed by atoms with Gasteiger partial charge in [0.05, 0.1) is 32.0 Å². The lowest BCUT2D eigenvalue weighted by Gasteiger charge is -2.46. The Labute approximate surface area is 466 Å². The molecule has 0 radical (unpaired) electrons. The molecule has 1 amide bonds. The van der Waals surface area contributed by atoms with Crippen LogP contribution < -0.4 is 5.32 Å². The summed E-state index contributed by atoms with van der Waals surface area (Å²) in [6.07, 6.45) is 46.5. The third-order valence-corrected chi connectivity index (χ3v) is 14.6. The Balaban J connectivity index is 1.74. The van der Waals surface area contributed by atoms with Gasteiger partial charge in [0.25, 0.3) is 0 Å². The van der Waals surface area contributed by atoms with Crippen LogP contribution in [0.5, 0.6) is 0 Å². The molecule has 2 saturated heterocycles. The summed E-state index contributed by atoms with van der Waals surface area (Å²) in [6.45, 7) is 2.75. The minimum Gasteiger partial charge on any atom is -0.394 e. The molecule has 77 heavy (non-hydrogen) atoms. The van der Waals surface area contributed by atoms with Gasteiger partial charge < -0.3 is 65.1 Å². The van der Waals surface area contributed by atoms with Crippen molar-refractivity contribution in [1.29, 1.82) is 0 Å². The lowest BCUT2D eigenvalue weighted by atomic mass is 9.97. The average molecular weight is 1090 g/mol. The number of ether oxygens (including phenoxy) is 4. The van der Waals surface area contributed by atoms with Crippen molar-refractivity contribution in [2.75, 3.05) is 19.8 Å². The predicted octanol–water partition coefficient (Wildman–Crippen LogP) is 10.7. The summed E-state index contributed by atoms with van der Waals surface area (Å²) in [5.74, 6) is -0.257. The van der Waals surface area contributed by atoms with Gasteiger partial charge in [-0.25, -0.2) is 0 Å². The largest absolute Gasteiger partial charge is 0.394 e. The number of unbranched alkanes of at least 4 members (excludes halogenated alkanes) is 25. The van der Waals surface area contributed by atoms with Crippen molar-refractivity contribution in [2.24, 2.45) is 0 Å². The molecule has 12 atom stereocenters. The minimum atomic E-state index is -1.79. The first-order valence-corrected chi connectivity index (χ1v) is 30.7. The number of amides is 1. The van der Waals surface area contributed by atoms with Crippen LogP contribution in [-0.2, 0) is 23.7 Å². The van der Waals surface area contributed by atoms with Crippen LogP contribution in [0.25, 0.3) is 0 Å². The molecule has 14 heteroatoms. The Bertz CT molecular complexity index is 1570. The number of hydrogen-bond acceptors (Lipinski definition) is 13. The molecule has 12 unspecified atom stereocenters. The van der Waals surface area contributed by atoms with Gasteiger partial charge in [-0.3, -0.25) is 4.79 Å². The SMILES string of the molecule is CCCCCCC/C=C\C/C=C\C/C=C\CCCCCCCCCCCCCCC(=O)NC(COC1OC(CO)C(OC2OC(CO)C(O)C(O)C2O)C(O)C1O)C(O)/C=C/CC/C=C/CC/C=C/CCCCCCCC. The standard InChI is InChI=1S/C63H111NO13/c1-3-5-7-9-11-13-15-17-19-21-22-23-24-25-26-27-28-29-30-31-33-35-37-39-41-43-45-47-55(68)64-51(52(67)46-44-42-40-38-36-34-32-20-18-16-14-12-10-8-6-4-2)50-74-62-60(73)58(71)61(54(49-66)76-62)77-63-59(72)57(70)56(69)53(48-65)75-63/h15,17-18,20-22,24-25,36,38,44,46,51-54,56-63,65-67,69-73H,3-14,16,19,23,26-35,37,39-43,45,47-50H2,1-2H3,(H,64,68)/b17-15-,20-18+,22-21-,25-24-,38-36+,46-44+. The monoisotopic (exact) mass is 1090 g/mol. The molecule has 2 heterocycles. The van der Waals surface area contributed by atoms with E-state index in [1.54, 1.807) is 6.08 Å². The molecule has 0 aromatic rings. The number of rotatable bonds is 48. The fourth-order valence-electron chi connectivity index (χ4n) is 9.62. The van der Waals surface area contributed by atoms with Crippen molar-refractivity contribution in [3.05, 3.63) is 72.9 Å². The number of carbonyl (C=O) groups excluding carboxylic acids is 1. The predicted molar refractivity (Wildman–Crippen MR) is 309 cm³/mol. The molecule has 2 aliphatic heterocycles. The van der Waals surface area contributed by atoms with Crippen molar-refractivity contribution in [1.82, 2.24) is 5.32 Å². The molecule has 0 aromatic carbocycles. The Hall–Kier alpha value is -2.57. The zero-order valence-electron chi connectivity index (χ0n) is 47.9. The van der Waals surface area contributed by atoms with E-state index in [1.165, 1.54) is 128 Å². The zero-order chi connectivity index (χ0) is 56.0. The van der Waals surface area contributed by atoms with Gasteiger partial charge in [0.1, 0.15) is 48.8 Å². The number of carbonyl (C=O) groups is 1. The van der Waals surface area contributed by atoms with Crippen molar-refractivity contribution in [3.8, 4) is 0 Å². The quantitative estimate of drug-likeness (QED) is 0.0204. The van der Waals surface area contributed by atoms with Crippen LogP contribution in [0.3, 0.4) is 0 Å². The Kier molecular flexibility index (Phi) is 44.1. The summed E-state index contributed by atoms with van der Waals surface area (Å²) < 4.78 is 22.7. The molecule has 14 nitrogen and oxygen atoms in total. The second-order valence-corrected chi connectivity index (χ2v) is 21.5. The van der Waals surface area contributed by atoms with Gasteiger partial charge in [-0.2, -0.15) is 0 Å². The summed E-state index contributed by atoms with van der Waals surface area (Å²) in [4.78, 5) is 13.3. The highest BCUT2D eigenvalue weighted by atomic mass is 16.7. The van der Waals surface area contributed by atoms with Crippen LogP contribution in [0.15, 0.2) is 72.9 Å². The lowest BCUT2D eigenvalue weighted by molar-refractivity contribution is -0.359. The third kappa shape index (κ3) is 33.7. The van der Waals surface area contributed by atoms with Gasteiger partial charge in [0.2, 0.25) is 5.91 Å². The Morgan fingerprint density at radius 1 is 0.468 bits per heavy atom. The molecule has 0 spiro atoms. The van der Waals surface area contributed by atoms with Gasteiger partial charge in [0.15, 0.2) is 12.6 Å². The molecule has 2 fully saturated rings. The number of nitrogens with one attached hydrogen (secondary N) is 1. The second-order valence-electron chi connectivity index (χ2n) is 21.5. The van der Waals surface area contributed by atoms with E-state index >= 15 is 0 Å². The van der Waals surface area contributed by atoms with E-state index in [0.717, 1.165) is 64.2 Å². The molecule has 2 rings (SSSR count). The Morgan fingerprint density at radius 2 is 0.870 bits per heavy atom. The van der Waals surface area contributed by atoms with Gasteiger partial charge >= 0.3 is 0 Å². The number of hydrogen-bond donors (Lipinski definition) is 9. The van der Waals surface area contributed by atoms with Crippen molar-refractivity contribution >= 4 is 5.91 Å². The van der Waals surface area contributed by atoms with Crippen LogP contribution in [0, 0.1) is 0 Å². The molecule has 446 valence electrons. The van der Waals surface area contributed by atoms with Crippen molar-refractivity contribution in [2.45, 2.75) is 299 Å². The summed E-state index contributed by atoms with van der Waals surface area (Å²) >= 11 is 0. The third-order valence-electron chi connectivity index (χ3n) is 14.6. The summed E-state index contributed by atoms with van der Waals surface area (Å²) in [7, 11) is 0. The maximum atomic E-state index is 13.3. The molecular weight excluding hydrogens is 979 g/mol. The average Bonchev–Trinajstić information content (AvgIpc) is 3.43. The number of allylic oxidation sites excluding steroid dienone is 11. The normalized spacial score (nSPS) is 25.2. The first-order valence-electron chi connectivity index (χ1n) is 30.7. The smallest absolute Gasteiger partial charge is 0.220 e. The molecular formula is C63H111NO13. The zero-order valence-corrected chi connectivity index (χ0v) is 47.9. The van der Waals surface area contributed by atoms with E-state index in [0.29, 0.717) is 12.8 Å². The van der Waals surface area contributed by atoms with E-state index in [4.69, 9.17) is 18.9 Å². The van der Waals surface area contributed by atoms with Crippen LogP contribution in [0.2, 0.25) is 0 Å². The highest BCUT2D eigenvalue weighted by Gasteiger charge is 2.51. The van der Waals surface area contributed by atoms with Crippen molar-refractivity contribution in [3.63, 3.8) is 0 Å². The maximum Gasteiger partial charge on any atom is 0.220 e. The van der Waals surface area contributed by atoms with Gasteiger partial charge in [0, 0.05) is 6.42 Å². The molecule has 2 aliphatic rings. The second kappa shape index (κ2) is 48.2. The summed E-state index contributed by atoms with van der Waals surface area (Å²) in [6, 6.07) is -0.942. The van der Waals surface area contributed by atoms with E-state index < -0.39 is 86.8 Å². The van der Waals surface area contributed by atoms with E-state index in [2.05, 4.69) is 79.9 Å². The van der Waals surface area contributed by atoms with Crippen LogP contribution >= 0.6 is 0 Å². The van der Waals surface area contributed by atoms with Crippen LogP contribution in [0.4, 0.5) is 0 Å². The van der Waals surface area contributed by atoms with E-state index in [1.807, 2.05) is 6.08 Å². The molecule has 0 aromatic heterocycles. The van der Waals surface area contributed by atoms with E-state index in [-0.39, 0.29) is 18.9 Å². The van der Waals surface area contributed by atoms with Gasteiger partial charge in [-0.1, -0.05) is 209 Å². The fourth-order valence-corrected chi connectivity index (χ4v) is 9.62. The van der Waals surface area contributed by atoms with Gasteiger partial charge in [-0.15, -0.1) is 0 Å². The minimum absolute atomic E-state index is 0.257. The van der Waals surface area contributed by atoms with Gasteiger partial charge in [-0.05, 0) is 83.5 Å². The fraction of sp³-hybridized carbons (Fsp3) is 0.794. The van der Waals surface area contributed by atoms with Crippen LogP contribution in [0.1, 0.15) is 226 Å². The highest BCUT2D eigenvalue weighted by molar-refractivity contribution is 5.76. The van der Waals surface area contributed by atoms with E-state index in [9.17, 15) is 45.6 Å². The molecule has 0 bridgehead atoms. The number of aliphatic hydroxyl groups excluding tert-OH is 8. The lowest BCUT2D eigenvalue weighted by Crippen LogP contribution is -2.65. The highest BCUT2D eigenvalue weighted by Crippen LogP contribution is 2.30. The first-order chi connectivity index (χ1) is 37.6. The Morgan fingerprint density at radius 3 is 1.36 bits per heavy atom.